The van der Waals surface area contributed by atoms with E-state index in [1.807, 2.05) is 13.8 Å². The molecule has 2 unspecified atom stereocenters. The van der Waals surface area contributed by atoms with Crippen molar-refractivity contribution in [1.29, 1.82) is 0 Å². The zero-order chi connectivity index (χ0) is 14.5. The largest absolute Gasteiger partial charge is 0.381 e. The molecule has 2 amide bonds. The van der Waals surface area contributed by atoms with Crippen molar-refractivity contribution >= 4 is 11.8 Å². The van der Waals surface area contributed by atoms with Gasteiger partial charge in [0.25, 0.3) is 0 Å². The molecular weight excluding hydrogens is 256 g/mol. The lowest BCUT2D eigenvalue weighted by Gasteiger charge is -2.38. The van der Waals surface area contributed by atoms with Crippen LogP contribution in [0, 0.1) is 5.92 Å². The van der Waals surface area contributed by atoms with Crippen molar-refractivity contribution in [3.05, 3.63) is 0 Å². The van der Waals surface area contributed by atoms with E-state index in [4.69, 9.17) is 4.74 Å². The molecule has 2 aliphatic rings. The van der Waals surface area contributed by atoms with Gasteiger partial charge in [0, 0.05) is 19.8 Å². The first-order chi connectivity index (χ1) is 9.67. The van der Waals surface area contributed by atoms with Crippen LogP contribution in [0.15, 0.2) is 0 Å². The number of carbonyl (C=O) groups is 2. The van der Waals surface area contributed by atoms with Gasteiger partial charge in [-0.05, 0) is 38.0 Å². The number of hydrogen-bond acceptors (Lipinski definition) is 3. The number of hydrogen-bond donors (Lipinski definition) is 1. The summed E-state index contributed by atoms with van der Waals surface area (Å²) in [6, 6.07) is -0.661. The number of amides is 2. The highest BCUT2D eigenvalue weighted by Gasteiger charge is 2.38. The highest BCUT2D eigenvalue weighted by molar-refractivity contribution is 5.96. The van der Waals surface area contributed by atoms with Crippen LogP contribution in [-0.4, -0.2) is 48.6 Å². The van der Waals surface area contributed by atoms with Crippen LogP contribution >= 0.6 is 0 Å². The van der Waals surface area contributed by atoms with Crippen molar-refractivity contribution in [2.24, 2.45) is 5.92 Å². The van der Waals surface area contributed by atoms with Crippen LogP contribution < -0.4 is 5.32 Å². The molecule has 1 aliphatic heterocycles. The molecular formula is C15H26N2O3. The van der Waals surface area contributed by atoms with E-state index in [0.29, 0.717) is 26.0 Å². The van der Waals surface area contributed by atoms with E-state index in [2.05, 4.69) is 5.32 Å². The van der Waals surface area contributed by atoms with Gasteiger partial charge in [0.05, 0.1) is 0 Å². The summed E-state index contributed by atoms with van der Waals surface area (Å²) in [5.74, 6) is 0.809. The van der Waals surface area contributed by atoms with E-state index in [9.17, 15) is 9.59 Å². The van der Waals surface area contributed by atoms with E-state index < -0.39 is 0 Å². The van der Waals surface area contributed by atoms with E-state index in [1.165, 1.54) is 12.8 Å². The summed E-state index contributed by atoms with van der Waals surface area (Å²) in [5.41, 5.74) is 0. The summed E-state index contributed by atoms with van der Waals surface area (Å²) in [6.45, 7) is 6.01. The van der Waals surface area contributed by atoms with Crippen LogP contribution in [0.5, 0.6) is 0 Å². The minimum Gasteiger partial charge on any atom is -0.381 e. The van der Waals surface area contributed by atoms with Crippen LogP contribution in [0.2, 0.25) is 0 Å². The third-order valence-corrected chi connectivity index (χ3v) is 4.11. The van der Waals surface area contributed by atoms with Crippen molar-refractivity contribution in [3.8, 4) is 0 Å². The molecule has 1 aliphatic carbocycles. The highest BCUT2D eigenvalue weighted by atomic mass is 16.5. The standard InChI is InChI=1S/C15H26N2O3/c1-3-12-15(19)17(13(4-2)14(18)16-12)8-5-9-20-10-11-6-7-11/h11-13H,3-10H2,1-2H3,(H,16,18). The van der Waals surface area contributed by atoms with Gasteiger partial charge >= 0.3 is 0 Å². The predicted octanol–water partition coefficient (Wildman–Crippen LogP) is 1.32. The average molecular weight is 282 g/mol. The Morgan fingerprint density at radius 3 is 2.60 bits per heavy atom. The van der Waals surface area contributed by atoms with Gasteiger partial charge in [-0.3, -0.25) is 9.59 Å². The first-order valence-electron chi connectivity index (χ1n) is 7.86. The van der Waals surface area contributed by atoms with Crippen LogP contribution in [0.1, 0.15) is 46.0 Å². The van der Waals surface area contributed by atoms with E-state index in [0.717, 1.165) is 18.9 Å². The number of piperazine rings is 1. The van der Waals surface area contributed by atoms with Crippen molar-refractivity contribution in [2.45, 2.75) is 58.0 Å². The maximum absolute atomic E-state index is 12.3. The first-order valence-corrected chi connectivity index (χ1v) is 7.86. The summed E-state index contributed by atoms with van der Waals surface area (Å²) < 4.78 is 5.59. The molecule has 2 rings (SSSR count). The van der Waals surface area contributed by atoms with Crippen LogP contribution in [-0.2, 0) is 14.3 Å². The second-order valence-electron chi connectivity index (χ2n) is 5.80. The van der Waals surface area contributed by atoms with Crippen molar-refractivity contribution in [1.82, 2.24) is 10.2 Å². The van der Waals surface area contributed by atoms with Gasteiger partial charge in [-0.15, -0.1) is 0 Å². The molecule has 2 fully saturated rings. The number of rotatable bonds is 8. The van der Waals surface area contributed by atoms with Gasteiger partial charge in [0.15, 0.2) is 0 Å². The van der Waals surface area contributed by atoms with Gasteiger partial charge in [-0.1, -0.05) is 13.8 Å². The molecule has 0 aromatic carbocycles. The minimum absolute atomic E-state index is 0.0159. The topological polar surface area (TPSA) is 58.6 Å². The molecule has 1 saturated heterocycles. The molecule has 0 aromatic rings. The lowest BCUT2D eigenvalue weighted by molar-refractivity contribution is -0.149. The zero-order valence-electron chi connectivity index (χ0n) is 12.6. The molecule has 20 heavy (non-hydrogen) atoms. The van der Waals surface area contributed by atoms with E-state index >= 15 is 0 Å². The molecule has 114 valence electrons. The molecule has 0 spiro atoms. The Bertz CT molecular complexity index is 355. The third-order valence-electron chi connectivity index (χ3n) is 4.11. The smallest absolute Gasteiger partial charge is 0.245 e. The Kier molecular flexibility index (Phi) is 5.40. The maximum atomic E-state index is 12.3. The molecule has 2 atom stereocenters. The fourth-order valence-corrected chi connectivity index (χ4v) is 2.64. The fourth-order valence-electron chi connectivity index (χ4n) is 2.64. The van der Waals surface area contributed by atoms with Gasteiger partial charge in [0.1, 0.15) is 12.1 Å². The van der Waals surface area contributed by atoms with Crippen LogP contribution in [0.4, 0.5) is 0 Å². The summed E-state index contributed by atoms with van der Waals surface area (Å²) in [6.07, 6.45) is 4.70. The Morgan fingerprint density at radius 1 is 1.25 bits per heavy atom. The van der Waals surface area contributed by atoms with Gasteiger partial charge in [-0.25, -0.2) is 0 Å². The van der Waals surface area contributed by atoms with E-state index in [1.54, 1.807) is 4.90 Å². The molecule has 5 heteroatoms. The molecule has 0 aromatic heterocycles. The summed E-state index contributed by atoms with van der Waals surface area (Å²) in [7, 11) is 0. The summed E-state index contributed by atoms with van der Waals surface area (Å²) >= 11 is 0. The SMILES string of the molecule is CCC1NC(=O)C(CC)N(CCCOCC2CC2)C1=O. The maximum Gasteiger partial charge on any atom is 0.245 e. The minimum atomic E-state index is -0.349. The number of nitrogens with zero attached hydrogens (tertiary/aromatic N) is 1. The van der Waals surface area contributed by atoms with Crippen molar-refractivity contribution in [2.75, 3.05) is 19.8 Å². The van der Waals surface area contributed by atoms with Crippen molar-refractivity contribution in [3.63, 3.8) is 0 Å². The second-order valence-corrected chi connectivity index (χ2v) is 5.80. The quantitative estimate of drug-likeness (QED) is 0.683. The monoisotopic (exact) mass is 282 g/mol. The molecule has 1 saturated carbocycles. The normalized spacial score (nSPS) is 26.8. The Labute approximate surface area is 121 Å². The number of nitrogens with one attached hydrogen (secondary N) is 1. The molecule has 0 radical (unpaired) electrons. The first kappa shape index (κ1) is 15.3. The Balaban J connectivity index is 1.80. The molecule has 1 N–H and O–H groups in total. The lowest BCUT2D eigenvalue weighted by atomic mass is 10.0. The van der Waals surface area contributed by atoms with Crippen molar-refractivity contribution < 1.29 is 14.3 Å². The third kappa shape index (κ3) is 3.72. The number of ether oxygens (including phenoxy) is 1. The summed E-state index contributed by atoms with van der Waals surface area (Å²) in [4.78, 5) is 26.1. The predicted molar refractivity (Wildman–Crippen MR) is 76.2 cm³/mol. The van der Waals surface area contributed by atoms with Gasteiger partial charge in [0.2, 0.25) is 11.8 Å². The van der Waals surface area contributed by atoms with Gasteiger partial charge in [-0.2, -0.15) is 0 Å². The molecule has 0 bridgehead atoms. The Morgan fingerprint density at radius 2 is 2.00 bits per heavy atom. The highest BCUT2D eigenvalue weighted by Crippen LogP contribution is 2.28. The summed E-state index contributed by atoms with van der Waals surface area (Å²) in [5, 5.41) is 2.81. The average Bonchev–Trinajstić information content (AvgIpc) is 3.25. The fraction of sp³-hybridized carbons (Fsp3) is 0.867. The Hall–Kier alpha value is -1.10. The zero-order valence-corrected chi connectivity index (χ0v) is 12.6. The lowest BCUT2D eigenvalue weighted by Crippen LogP contribution is -2.63. The van der Waals surface area contributed by atoms with Gasteiger partial charge < -0.3 is 15.0 Å². The molecule has 5 nitrogen and oxygen atoms in total. The van der Waals surface area contributed by atoms with E-state index in [-0.39, 0.29) is 23.9 Å². The van der Waals surface area contributed by atoms with Crippen LogP contribution in [0.25, 0.3) is 0 Å². The molecule has 1 heterocycles. The number of carbonyl (C=O) groups excluding carboxylic acids is 2. The van der Waals surface area contributed by atoms with Crippen LogP contribution in [0.3, 0.4) is 0 Å². The second kappa shape index (κ2) is 7.07.